The molecular formula is C13H16N4O2S. The first kappa shape index (κ1) is 13.1. The number of thiazole rings is 1. The zero-order valence-electron chi connectivity index (χ0n) is 11.5. The molecule has 20 heavy (non-hydrogen) atoms. The zero-order chi connectivity index (χ0) is 14.1. The van der Waals surface area contributed by atoms with Crippen LogP contribution in [0.15, 0.2) is 6.20 Å². The van der Waals surface area contributed by atoms with E-state index in [2.05, 4.69) is 19.9 Å². The number of nitrogens with zero attached hydrogens (tertiary/aromatic N) is 3. The lowest BCUT2D eigenvalue weighted by atomic mass is 10.2. The van der Waals surface area contributed by atoms with Gasteiger partial charge in [-0.05, 0) is 19.8 Å². The molecule has 0 aliphatic carbocycles. The van der Waals surface area contributed by atoms with Gasteiger partial charge in [0.15, 0.2) is 0 Å². The van der Waals surface area contributed by atoms with Crippen molar-refractivity contribution < 1.29 is 9.53 Å². The fourth-order valence-electron chi connectivity index (χ4n) is 2.36. The Morgan fingerprint density at radius 2 is 2.35 bits per heavy atom. The molecule has 3 rings (SSSR count). The molecule has 1 amide bonds. The molecule has 0 atom stereocenters. The van der Waals surface area contributed by atoms with Crippen molar-refractivity contribution in [1.29, 1.82) is 0 Å². The summed E-state index contributed by atoms with van der Waals surface area (Å²) >= 11 is 1.25. The van der Waals surface area contributed by atoms with E-state index in [1.165, 1.54) is 11.3 Å². The molecule has 0 bridgehead atoms. The number of ether oxygens (including phenoxy) is 1. The predicted molar refractivity (Wildman–Crippen MR) is 76.5 cm³/mol. The van der Waals surface area contributed by atoms with Crippen molar-refractivity contribution in [3.8, 4) is 5.19 Å². The summed E-state index contributed by atoms with van der Waals surface area (Å²) in [7, 11) is 1.55. The van der Waals surface area contributed by atoms with Gasteiger partial charge in [0, 0.05) is 13.0 Å². The fourth-order valence-corrected chi connectivity index (χ4v) is 3.14. The molecule has 0 saturated carbocycles. The molecule has 0 aromatic carbocycles. The third kappa shape index (κ3) is 2.29. The molecule has 0 fully saturated rings. The summed E-state index contributed by atoms with van der Waals surface area (Å²) in [5.41, 5.74) is 0.683. The van der Waals surface area contributed by atoms with Crippen LogP contribution in [0.2, 0.25) is 0 Å². The van der Waals surface area contributed by atoms with Gasteiger partial charge in [0.2, 0.25) is 0 Å². The van der Waals surface area contributed by atoms with Crippen molar-refractivity contribution in [2.45, 2.75) is 32.7 Å². The first-order chi connectivity index (χ1) is 9.69. The molecule has 2 aromatic heterocycles. The lowest BCUT2D eigenvalue weighted by molar-refractivity contribution is 0.102. The summed E-state index contributed by atoms with van der Waals surface area (Å²) in [4.78, 5) is 21.4. The van der Waals surface area contributed by atoms with Gasteiger partial charge in [0.25, 0.3) is 11.1 Å². The number of nitrogens with one attached hydrogen (secondary N) is 1. The van der Waals surface area contributed by atoms with Gasteiger partial charge in [-0.1, -0.05) is 11.3 Å². The highest BCUT2D eigenvalue weighted by molar-refractivity contribution is 7.15. The van der Waals surface area contributed by atoms with Gasteiger partial charge < -0.3 is 14.6 Å². The van der Waals surface area contributed by atoms with Crippen molar-refractivity contribution in [2.24, 2.45) is 0 Å². The van der Waals surface area contributed by atoms with Crippen molar-refractivity contribution in [3.63, 3.8) is 0 Å². The number of carbonyl (C=O) groups is 1. The zero-order valence-corrected chi connectivity index (χ0v) is 12.3. The number of aryl methyl sites for hydroxylation is 2. The maximum absolute atomic E-state index is 12.3. The highest BCUT2D eigenvalue weighted by atomic mass is 32.1. The molecule has 6 nitrogen and oxygen atoms in total. The minimum atomic E-state index is -0.156. The average molecular weight is 292 g/mol. The number of carbonyl (C=O) groups excluding carboxylic acids is 1. The average Bonchev–Trinajstić information content (AvgIpc) is 3.03. The van der Waals surface area contributed by atoms with Crippen LogP contribution in [0, 0.1) is 6.92 Å². The smallest absolute Gasteiger partial charge is 0.273 e. The Morgan fingerprint density at radius 3 is 3.10 bits per heavy atom. The van der Waals surface area contributed by atoms with Crippen LogP contribution in [0.25, 0.3) is 0 Å². The van der Waals surface area contributed by atoms with Gasteiger partial charge in [0.1, 0.15) is 16.5 Å². The van der Waals surface area contributed by atoms with E-state index in [0.717, 1.165) is 37.4 Å². The predicted octanol–water partition coefficient (Wildman–Crippen LogP) is 2.25. The number of imidazole rings is 1. The van der Waals surface area contributed by atoms with Crippen molar-refractivity contribution >= 4 is 23.1 Å². The Morgan fingerprint density at radius 1 is 1.50 bits per heavy atom. The number of methoxy groups -OCH3 is 1. The fraction of sp³-hybridized carbons (Fsp3) is 0.462. The third-order valence-corrected chi connectivity index (χ3v) is 4.49. The lowest BCUT2D eigenvalue weighted by Gasteiger charge is -2.16. The number of hydrogen-bond acceptors (Lipinski definition) is 5. The van der Waals surface area contributed by atoms with Crippen LogP contribution in [-0.4, -0.2) is 27.6 Å². The summed E-state index contributed by atoms with van der Waals surface area (Å²) in [5, 5.41) is 3.42. The SMILES string of the molecule is COc1nc(C)c(C(=O)Nc2cnc3n2CCCC3)s1. The second kappa shape index (κ2) is 5.24. The summed E-state index contributed by atoms with van der Waals surface area (Å²) in [6.07, 6.45) is 4.99. The quantitative estimate of drug-likeness (QED) is 0.942. The van der Waals surface area contributed by atoms with Gasteiger partial charge in [-0.15, -0.1) is 0 Å². The Kier molecular flexibility index (Phi) is 3.43. The molecule has 0 saturated heterocycles. The summed E-state index contributed by atoms with van der Waals surface area (Å²) in [6, 6.07) is 0. The van der Waals surface area contributed by atoms with Crippen LogP contribution in [0.1, 0.15) is 34.0 Å². The molecule has 106 valence electrons. The Balaban J connectivity index is 1.82. The van der Waals surface area contributed by atoms with E-state index in [0.29, 0.717) is 15.8 Å². The first-order valence-electron chi connectivity index (χ1n) is 6.56. The van der Waals surface area contributed by atoms with Gasteiger partial charge in [-0.2, -0.15) is 0 Å². The monoisotopic (exact) mass is 292 g/mol. The van der Waals surface area contributed by atoms with E-state index in [1.807, 2.05) is 0 Å². The van der Waals surface area contributed by atoms with E-state index < -0.39 is 0 Å². The highest BCUT2D eigenvalue weighted by Crippen LogP contribution is 2.26. The van der Waals surface area contributed by atoms with Crippen LogP contribution < -0.4 is 10.1 Å². The lowest BCUT2D eigenvalue weighted by Crippen LogP contribution is -2.18. The second-order valence-corrected chi connectivity index (χ2v) is 5.68. The second-order valence-electron chi connectivity index (χ2n) is 4.72. The number of anilines is 1. The largest absolute Gasteiger partial charge is 0.473 e. The summed E-state index contributed by atoms with van der Waals surface area (Å²) in [6.45, 7) is 2.72. The van der Waals surface area contributed by atoms with Crippen LogP contribution in [0.4, 0.5) is 5.82 Å². The van der Waals surface area contributed by atoms with Crippen molar-refractivity contribution in [3.05, 3.63) is 22.6 Å². The van der Waals surface area contributed by atoms with Crippen LogP contribution in [-0.2, 0) is 13.0 Å². The van der Waals surface area contributed by atoms with Gasteiger partial charge in [-0.25, -0.2) is 9.97 Å². The standard InChI is InChI=1S/C13H16N4O2S/c1-8-11(20-13(15-8)19-2)12(18)16-10-7-14-9-5-3-4-6-17(9)10/h7H,3-6H2,1-2H3,(H,16,18). The highest BCUT2D eigenvalue weighted by Gasteiger charge is 2.19. The molecule has 2 aromatic rings. The van der Waals surface area contributed by atoms with Gasteiger partial charge in [-0.3, -0.25) is 4.79 Å². The number of hydrogen-bond donors (Lipinski definition) is 1. The van der Waals surface area contributed by atoms with Crippen molar-refractivity contribution in [1.82, 2.24) is 14.5 Å². The van der Waals surface area contributed by atoms with E-state index in [-0.39, 0.29) is 5.91 Å². The van der Waals surface area contributed by atoms with Crippen LogP contribution >= 0.6 is 11.3 Å². The molecule has 1 aliphatic heterocycles. The molecule has 0 spiro atoms. The molecular weight excluding hydrogens is 276 g/mol. The van der Waals surface area contributed by atoms with E-state index in [9.17, 15) is 4.79 Å². The maximum Gasteiger partial charge on any atom is 0.273 e. The first-order valence-corrected chi connectivity index (χ1v) is 7.38. The van der Waals surface area contributed by atoms with Crippen LogP contribution in [0.5, 0.6) is 5.19 Å². The topological polar surface area (TPSA) is 69.0 Å². The number of aromatic nitrogens is 3. The number of fused-ring (bicyclic) bond motifs is 1. The van der Waals surface area contributed by atoms with E-state index >= 15 is 0 Å². The molecule has 1 N–H and O–H groups in total. The minimum absolute atomic E-state index is 0.156. The van der Waals surface area contributed by atoms with Gasteiger partial charge in [0.05, 0.1) is 19.0 Å². The van der Waals surface area contributed by atoms with Crippen molar-refractivity contribution in [2.75, 3.05) is 12.4 Å². The molecule has 1 aliphatic rings. The molecule has 0 radical (unpaired) electrons. The van der Waals surface area contributed by atoms with Crippen LogP contribution in [0.3, 0.4) is 0 Å². The Labute approximate surface area is 120 Å². The van der Waals surface area contributed by atoms with Gasteiger partial charge >= 0.3 is 0 Å². The maximum atomic E-state index is 12.3. The molecule has 3 heterocycles. The number of rotatable bonds is 3. The molecule has 0 unspecified atom stereocenters. The third-order valence-electron chi connectivity index (χ3n) is 3.37. The van der Waals surface area contributed by atoms with E-state index in [4.69, 9.17) is 4.74 Å². The summed E-state index contributed by atoms with van der Waals surface area (Å²) in [5.74, 6) is 1.65. The molecule has 7 heteroatoms. The van der Waals surface area contributed by atoms with E-state index in [1.54, 1.807) is 20.2 Å². The summed E-state index contributed by atoms with van der Waals surface area (Å²) < 4.78 is 7.14. The minimum Gasteiger partial charge on any atom is -0.473 e. The Hall–Kier alpha value is -1.89. The normalized spacial score (nSPS) is 13.9. The number of amides is 1. The Bertz CT molecular complexity index is 647.